The number of carbonyl (C=O) groups is 2. The highest BCUT2D eigenvalue weighted by Crippen LogP contribution is 2.00. The first-order chi connectivity index (χ1) is 6.20. The van der Waals surface area contributed by atoms with Gasteiger partial charge >= 0.3 is 11.9 Å². The van der Waals surface area contributed by atoms with Crippen LogP contribution < -0.4 is 0 Å². The van der Waals surface area contributed by atoms with Crippen molar-refractivity contribution in [2.75, 3.05) is 13.7 Å². The number of esters is 2. The topological polar surface area (TPSA) is 52.6 Å². The third kappa shape index (κ3) is 7.31. The minimum absolute atomic E-state index is 0.233. The van der Waals surface area contributed by atoms with Crippen molar-refractivity contribution in [1.29, 1.82) is 0 Å². The van der Waals surface area contributed by atoms with Gasteiger partial charge in [0.1, 0.15) is 0 Å². The van der Waals surface area contributed by atoms with Crippen molar-refractivity contribution >= 4 is 11.9 Å². The molecular formula is C9H15O4. The van der Waals surface area contributed by atoms with Gasteiger partial charge in [-0.1, -0.05) is 0 Å². The molecule has 0 aromatic heterocycles. The van der Waals surface area contributed by atoms with Crippen molar-refractivity contribution in [3.63, 3.8) is 0 Å². The SMILES string of the molecule is CCOC(=O)CC[CH]CC(=O)OC. The van der Waals surface area contributed by atoms with Gasteiger partial charge in [-0.2, -0.15) is 0 Å². The van der Waals surface area contributed by atoms with Gasteiger partial charge in [0.15, 0.2) is 0 Å². The molecule has 4 nitrogen and oxygen atoms in total. The summed E-state index contributed by atoms with van der Waals surface area (Å²) in [6.07, 6.45) is 2.83. The molecular weight excluding hydrogens is 172 g/mol. The van der Waals surface area contributed by atoms with E-state index in [1.54, 1.807) is 13.3 Å². The highest BCUT2D eigenvalue weighted by Gasteiger charge is 2.03. The van der Waals surface area contributed by atoms with Gasteiger partial charge in [0, 0.05) is 12.8 Å². The van der Waals surface area contributed by atoms with Crippen LogP contribution in [0, 0.1) is 6.42 Å². The second-order valence-electron chi connectivity index (χ2n) is 2.41. The van der Waals surface area contributed by atoms with Crippen molar-refractivity contribution in [3.05, 3.63) is 6.42 Å². The van der Waals surface area contributed by atoms with Crippen molar-refractivity contribution in [3.8, 4) is 0 Å². The summed E-state index contributed by atoms with van der Waals surface area (Å²) >= 11 is 0. The Morgan fingerprint density at radius 1 is 1.31 bits per heavy atom. The molecule has 0 fully saturated rings. The fourth-order valence-corrected chi connectivity index (χ4v) is 0.756. The predicted molar refractivity (Wildman–Crippen MR) is 46.8 cm³/mol. The van der Waals surface area contributed by atoms with Crippen LogP contribution in [0.25, 0.3) is 0 Å². The lowest BCUT2D eigenvalue weighted by Gasteiger charge is -2.00. The molecule has 0 amide bonds. The molecule has 0 spiro atoms. The van der Waals surface area contributed by atoms with Gasteiger partial charge in [-0.05, 0) is 19.8 Å². The van der Waals surface area contributed by atoms with E-state index < -0.39 is 0 Å². The molecule has 0 saturated carbocycles. The molecule has 0 saturated heterocycles. The van der Waals surface area contributed by atoms with Crippen LogP contribution in [-0.2, 0) is 19.1 Å². The Hall–Kier alpha value is -1.06. The molecule has 1 radical (unpaired) electrons. The zero-order valence-corrected chi connectivity index (χ0v) is 8.04. The smallest absolute Gasteiger partial charge is 0.305 e. The number of hydrogen-bond donors (Lipinski definition) is 0. The summed E-state index contributed by atoms with van der Waals surface area (Å²) in [5.41, 5.74) is 0. The first kappa shape index (κ1) is 11.9. The van der Waals surface area contributed by atoms with E-state index >= 15 is 0 Å². The molecule has 0 rings (SSSR count). The zero-order chi connectivity index (χ0) is 10.1. The average Bonchev–Trinajstić information content (AvgIpc) is 2.12. The van der Waals surface area contributed by atoms with Crippen LogP contribution in [-0.4, -0.2) is 25.7 Å². The van der Waals surface area contributed by atoms with E-state index in [1.165, 1.54) is 7.11 Å². The summed E-state index contributed by atoms with van der Waals surface area (Å²) in [6.45, 7) is 2.16. The summed E-state index contributed by atoms with van der Waals surface area (Å²) in [5, 5.41) is 0. The van der Waals surface area contributed by atoms with Crippen LogP contribution >= 0.6 is 0 Å². The predicted octanol–water partition coefficient (Wildman–Crippen LogP) is 1.10. The highest BCUT2D eigenvalue weighted by molar-refractivity contribution is 5.71. The Bertz CT molecular complexity index is 165. The van der Waals surface area contributed by atoms with E-state index in [0.29, 0.717) is 19.4 Å². The maximum absolute atomic E-state index is 10.8. The first-order valence-corrected chi connectivity index (χ1v) is 4.24. The Morgan fingerprint density at radius 2 is 2.00 bits per heavy atom. The van der Waals surface area contributed by atoms with E-state index in [1.807, 2.05) is 0 Å². The molecule has 0 aromatic rings. The molecule has 75 valence electrons. The molecule has 0 aliphatic rings. The Labute approximate surface area is 78.2 Å². The normalized spacial score (nSPS) is 9.38. The largest absolute Gasteiger partial charge is 0.469 e. The van der Waals surface area contributed by atoms with Crippen LogP contribution in [0.3, 0.4) is 0 Å². The second kappa shape index (κ2) is 7.58. The second-order valence-corrected chi connectivity index (χ2v) is 2.41. The molecule has 0 bridgehead atoms. The summed E-state index contributed by atoms with van der Waals surface area (Å²) in [7, 11) is 1.33. The number of methoxy groups -OCH3 is 1. The van der Waals surface area contributed by atoms with Crippen LogP contribution in [0.5, 0.6) is 0 Å². The number of rotatable bonds is 6. The van der Waals surface area contributed by atoms with Gasteiger partial charge in [0.05, 0.1) is 13.7 Å². The molecule has 0 aliphatic carbocycles. The van der Waals surface area contributed by atoms with Crippen molar-refractivity contribution < 1.29 is 19.1 Å². The summed E-state index contributed by atoms with van der Waals surface area (Å²) in [5.74, 6) is -0.521. The third-order valence-electron chi connectivity index (χ3n) is 1.40. The Morgan fingerprint density at radius 3 is 2.54 bits per heavy atom. The quantitative estimate of drug-likeness (QED) is 0.461. The fourth-order valence-electron chi connectivity index (χ4n) is 0.756. The summed E-state index contributed by atoms with van der Waals surface area (Å²) in [6, 6.07) is 0. The van der Waals surface area contributed by atoms with Crippen molar-refractivity contribution in [1.82, 2.24) is 0 Å². The van der Waals surface area contributed by atoms with Gasteiger partial charge in [0.2, 0.25) is 0 Å². The van der Waals surface area contributed by atoms with Crippen molar-refractivity contribution in [2.24, 2.45) is 0 Å². The molecule has 0 N–H and O–H groups in total. The third-order valence-corrected chi connectivity index (χ3v) is 1.40. The first-order valence-electron chi connectivity index (χ1n) is 4.24. The summed E-state index contributed by atoms with van der Waals surface area (Å²) in [4.78, 5) is 21.4. The standard InChI is InChI=1S/C9H15O4/c1-3-13-9(11)7-5-4-6-8(10)12-2/h4H,3,5-7H2,1-2H3. The number of hydrogen-bond acceptors (Lipinski definition) is 4. The van der Waals surface area contributed by atoms with Gasteiger partial charge in [-0.3, -0.25) is 9.59 Å². The van der Waals surface area contributed by atoms with Crippen LogP contribution in [0.1, 0.15) is 26.2 Å². The van der Waals surface area contributed by atoms with Gasteiger partial charge in [0.25, 0.3) is 0 Å². The van der Waals surface area contributed by atoms with Crippen LogP contribution in [0.2, 0.25) is 0 Å². The van der Waals surface area contributed by atoms with Crippen molar-refractivity contribution in [2.45, 2.75) is 26.2 Å². The lowest BCUT2D eigenvalue weighted by atomic mass is 10.2. The minimum Gasteiger partial charge on any atom is -0.469 e. The van der Waals surface area contributed by atoms with E-state index in [0.717, 1.165) is 0 Å². The van der Waals surface area contributed by atoms with Gasteiger partial charge in [-0.15, -0.1) is 0 Å². The number of carbonyl (C=O) groups excluding carboxylic acids is 2. The Kier molecular flexibility index (Phi) is 6.96. The van der Waals surface area contributed by atoms with Crippen LogP contribution in [0.4, 0.5) is 0 Å². The molecule has 13 heavy (non-hydrogen) atoms. The molecule has 0 atom stereocenters. The molecule has 4 heteroatoms. The number of ether oxygens (including phenoxy) is 2. The van der Waals surface area contributed by atoms with E-state index in [4.69, 9.17) is 4.74 Å². The molecule has 0 heterocycles. The lowest BCUT2D eigenvalue weighted by Crippen LogP contribution is -2.05. The van der Waals surface area contributed by atoms with Gasteiger partial charge < -0.3 is 9.47 Å². The molecule has 0 aliphatic heterocycles. The summed E-state index contributed by atoms with van der Waals surface area (Å²) < 4.78 is 9.12. The number of unbranched alkanes of at least 4 members (excludes halogenated alkanes) is 1. The maximum Gasteiger partial charge on any atom is 0.305 e. The fraction of sp³-hybridized carbons (Fsp3) is 0.667. The monoisotopic (exact) mass is 187 g/mol. The Balaban J connectivity index is 3.25. The van der Waals surface area contributed by atoms with E-state index in [-0.39, 0.29) is 18.4 Å². The van der Waals surface area contributed by atoms with E-state index in [2.05, 4.69) is 4.74 Å². The maximum atomic E-state index is 10.8. The molecule has 0 aromatic carbocycles. The molecule has 0 unspecified atom stereocenters. The lowest BCUT2D eigenvalue weighted by molar-refractivity contribution is -0.143. The van der Waals surface area contributed by atoms with Crippen LogP contribution in [0.15, 0.2) is 0 Å². The minimum atomic E-state index is -0.288. The average molecular weight is 187 g/mol. The van der Waals surface area contributed by atoms with E-state index in [9.17, 15) is 9.59 Å². The zero-order valence-electron chi connectivity index (χ0n) is 8.04. The highest BCUT2D eigenvalue weighted by atomic mass is 16.5. The van der Waals surface area contributed by atoms with Gasteiger partial charge in [-0.25, -0.2) is 0 Å².